The number of nitro benzene ring substituents is 1. The fraction of sp³-hybridized carbons (Fsp3) is 0.455. The minimum atomic E-state index is -3.68. The SMILES string of the molecule is CCNc1cc([N+](=O)[O-])ccc1S(=O)(=O)NCCSC. The number of hydrogen-bond acceptors (Lipinski definition) is 6. The molecule has 9 heteroatoms. The summed E-state index contributed by atoms with van der Waals surface area (Å²) in [6.45, 7) is 2.57. The largest absolute Gasteiger partial charge is 0.384 e. The Bertz CT molecular complexity index is 575. The molecule has 112 valence electrons. The van der Waals surface area contributed by atoms with E-state index in [2.05, 4.69) is 10.0 Å². The maximum absolute atomic E-state index is 12.2. The number of anilines is 1. The van der Waals surface area contributed by atoms with Gasteiger partial charge in [0.1, 0.15) is 4.90 Å². The van der Waals surface area contributed by atoms with E-state index >= 15 is 0 Å². The Morgan fingerprint density at radius 3 is 2.65 bits per heavy atom. The first-order valence-electron chi connectivity index (χ1n) is 5.93. The maximum atomic E-state index is 12.2. The Hall–Kier alpha value is -1.32. The summed E-state index contributed by atoms with van der Waals surface area (Å²) in [5, 5.41) is 13.6. The summed E-state index contributed by atoms with van der Waals surface area (Å²) in [6, 6.07) is 3.66. The predicted molar refractivity (Wildman–Crippen MR) is 80.8 cm³/mol. The molecule has 0 saturated carbocycles. The molecule has 0 bridgehead atoms. The summed E-state index contributed by atoms with van der Waals surface area (Å²) in [4.78, 5) is 10.2. The molecule has 0 spiro atoms. The molecule has 0 atom stereocenters. The number of nitrogens with zero attached hydrogens (tertiary/aromatic N) is 1. The summed E-state index contributed by atoms with van der Waals surface area (Å²) < 4.78 is 26.8. The Morgan fingerprint density at radius 1 is 1.40 bits per heavy atom. The number of thioether (sulfide) groups is 1. The number of benzene rings is 1. The van der Waals surface area contributed by atoms with Crippen molar-refractivity contribution in [2.45, 2.75) is 11.8 Å². The highest BCUT2D eigenvalue weighted by Crippen LogP contribution is 2.26. The van der Waals surface area contributed by atoms with Gasteiger partial charge in [0.05, 0.1) is 10.6 Å². The monoisotopic (exact) mass is 319 g/mol. The number of hydrogen-bond donors (Lipinski definition) is 2. The molecule has 0 amide bonds. The number of nitro groups is 1. The van der Waals surface area contributed by atoms with Crippen LogP contribution < -0.4 is 10.0 Å². The van der Waals surface area contributed by atoms with Gasteiger partial charge in [0, 0.05) is 31.0 Å². The second-order valence-corrected chi connectivity index (χ2v) is 6.58. The van der Waals surface area contributed by atoms with Gasteiger partial charge in [-0.05, 0) is 19.2 Å². The molecule has 0 saturated heterocycles. The van der Waals surface area contributed by atoms with E-state index in [0.29, 0.717) is 18.8 Å². The van der Waals surface area contributed by atoms with Crippen LogP contribution in [0.25, 0.3) is 0 Å². The van der Waals surface area contributed by atoms with E-state index in [1.807, 2.05) is 6.26 Å². The van der Waals surface area contributed by atoms with Crippen LogP contribution in [-0.2, 0) is 10.0 Å². The van der Waals surface area contributed by atoms with Crippen LogP contribution in [0.4, 0.5) is 11.4 Å². The Labute approximate surface area is 122 Å². The van der Waals surface area contributed by atoms with Crippen LogP contribution in [0.15, 0.2) is 23.1 Å². The first kappa shape index (κ1) is 16.7. The highest BCUT2D eigenvalue weighted by molar-refractivity contribution is 7.98. The van der Waals surface area contributed by atoms with Gasteiger partial charge < -0.3 is 5.32 Å². The third kappa shape index (κ3) is 4.36. The topological polar surface area (TPSA) is 101 Å². The van der Waals surface area contributed by atoms with Crippen LogP contribution in [0.1, 0.15) is 6.92 Å². The van der Waals surface area contributed by atoms with E-state index in [4.69, 9.17) is 0 Å². The molecule has 1 aromatic carbocycles. The van der Waals surface area contributed by atoms with E-state index in [1.165, 1.54) is 30.0 Å². The van der Waals surface area contributed by atoms with E-state index in [1.54, 1.807) is 6.92 Å². The highest BCUT2D eigenvalue weighted by atomic mass is 32.2. The molecule has 1 aromatic rings. The highest BCUT2D eigenvalue weighted by Gasteiger charge is 2.20. The van der Waals surface area contributed by atoms with Gasteiger partial charge in [-0.3, -0.25) is 10.1 Å². The molecule has 0 aliphatic rings. The van der Waals surface area contributed by atoms with Gasteiger partial charge in [-0.1, -0.05) is 0 Å². The molecule has 0 aliphatic heterocycles. The Morgan fingerprint density at radius 2 is 2.10 bits per heavy atom. The van der Waals surface area contributed by atoms with Gasteiger partial charge in [0.15, 0.2) is 0 Å². The number of non-ortho nitro benzene ring substituents is 1. The minimum absolute atomic E-state index is 0.0195. The van der Waals surface area contributed by atoms with Crippen LogP contribution in [0.5, 0.6) is 0 Å². The zero-order valence-electron chi connectivity index (χ0n) is 11.3. The van der Waals surface area contributed by atoms with Crippen molar-refractivity contribution in [2.24, 2.45) is 0 Å². The lowest BCUT2D eigenvalue weighted by Gasteiger charge is -2.12. The van der Waals surface area contributed by atoms with Crippen molar-refractivity contribution in [2.75, 3.05) is 30.4 Å². The molecular weight excluding hydrogens is 302 g/mol. The van der Waals surface area contributed by atoms with Gasteiger partial charge >= 0.3 is 0 Å². The smallest absolute Gasteiger partial charge is 0.271 e. The molecule has 0 fully saturated rings. The molecule has 0 aromatic heterocycles. The average Bonchev–Trinajstić information content (AvgIpc) is 2.39. The first-order valence-corrected chi connectivity index (χ1v) is 8.81. The average molecular weight is 319 g/mol. The fourth-order valence-corrected chi connectivity index (χ4v) is 3.18. The molecule has 1 rings (SSSR count). The third-order valence-electron chi connectivity index (χ3n) is 2.43. The summed E-state index contributed by atoms with van der Waals surface area (Å²) in [5.74, 6) is 0.656. The molecule has 0 radical (unpaired) electrons. The van der Waals surface area contributed by atoms with Gasteiger partial charge in [-0.2, -0.15) is 11.8 Å². The van der Waals surface area contributed by atoms with Crippen LogP contribution in [0.2, 0.25) is 0 Å². The van der Waals surface area contributed by atoms with E-state index < -0.39 is 14.9 Å². The van der Waals surface area contributed by atoms with Crippen LogP contribution in [0, 0.1) is 10.1 Å². The predicted octanol–water partition coefficient (Wildman–Crippen LogP) is 1.67. The van der Waals surface area contributed by atoms with Crippen molar-refractivity contribution < 1.29 is 13.3 Å². The molecule has 0 heterocycles. The summed E-state index contributed by atoms with van der Waals surface area (Å²) >= 11 is 1.53. The van der Waals surface area contributed by atoms with Crippen LogP contribution in [-0.4, -0.2) is 38.4 Å². The van der Waals surface area contributed by atoms with E-state index in [0.717, 1.165) is 0 Å². The van der Waals surface area contributed by atoms with Crippen LogP contribution in [0.3, 0.4) is 0 Å². The molecular formula is C11H17N3O4S2. The molecule has 7 nitrogen and oxygen atoms in total. The van der Waals surface area contributed by atoms with Gasteiger partial charge in [0.25, 0.3) is 5.69 Å². The lowest BCUT2D eigenvalue weighted by molar-refractivity contribution is -0.384. The van der Waals surface area contributed by atoms with E-state index in [9.17, 15) is 18.5 Å². The maximum Gasteiger partial charge on any atom is 0.271 e. The van der Waals surface area contributed by atoms with Crippen molar-refractivity contribution in [1.82, 2.24) is 4.72 Å². The minimum Gasteiger partial charge on any atom is -0.384 e. The van der Waals surface area contributed by atoms with Crippen molar-refractivity contribution >= 4 is 33.2 Å². The lowest BCUT2D eigenvalue weighted by atomic mass is 10.3. The molecule has 0 unspecified atom stereocenters. The number of nitrogens with one attached hydrogen (secondary N) is 2. The first-order chi connectivity index (χ1) is 9.42. The quantitative estimate of drug-likeness (QED) is 0.429. The second-order valence-electron chi connectivity index (χ2n) is 3.86. The summed E-state index contributed by atoms with van der Waals surface area (Å²) in [6.07, 6.45) is 1.88. The van der Waals surface area contributed by atoms with Crippen LogP contribution >= 0.6 is 11.8 Å². The normalized spacial score (nSPS) is 11.3. The Kier molecular flexibility index (Phi) is 6.24. The lowest BCUT2D eigenvalue weighted by Crippen LogP contribution is -2.26. The second kappa shape index (κ2) is 7.46. The zero-order chi connectivity index (χ0) is 15.2. The summed E-state index contributed by atoms with van der Waals surface area (Å²) in [5.41, 5.74) is 0.0855. The molecule has 20 heavy (non-hydrogen) atoms. The van der Waals surface area contributed by atoms with Crippen molar-refractivity contribution in [3.05, 3.63) is 28.3 Å². The number of sulfonamides is 1. The van der Waals surface area contributed by atoms with Gasteiger partial charge in [-0.25, -0.2) is 13.1 Å². The van der Waals surface area contributed by atoms with E-state index in [-0.39, 0.29) is 16.3 Å². The van der Waals surface area contributed by atoms with Gasteiger partial charge in [0.2, 0.25) is 10.0 Å². The van der Waals surface area contributed by atoms with Gasteiger partial charge in [-0.15, -0.1) is 0 Å². The van der Waals surface area contributed by atoms with Crippen molar-refractivity contribution in [3.8, 4) is 0 Å². The zero-order valence-corrected chi connectivity index (χ0v) is 12.9. The van der Waals surface area contributed by atoms with Crippen molar-refractivity contribution in [1.29, 1.82) is 0 Å². The number of rotatable bonds is 8. The summed E-state index contributed by atoms with van der Waals surface area (Å²) in [7, 11) is -3.68. The van der Waals surface area contributed by atoms with Crippen molar-refractivity contribution in [3.63, 3.8) is 0 Å². The third-order valence-corrected chi connectivity index (χ3v) is 4.56. The molecule has 0 aliphatic carbocycles. The Balaban J connectivity index is 3.12. The standard InChI is InChI=1S/C11H17N3O4S2/c1-3-12-10-8-9(14(15)16)4-5-11(10)20(17,18)13-6-7-19-2/h4-5,8,12-13H,3,6-7H2,1-2H3. The molecule has 2 N–H and O–H groups in total. The fourth-order valence-electron chi connectivity index (χ4n) is 1.55.